The minimum absolute atomic E-state index is 0.00840. The Morgan fingerprint density at radius 3 is 2.40 bits per heavy atom. The quantitative estimate of drug-likeness (QED) is 0.536. The van der Waals surface area contributed by atoms with Crippen LogP contribution in [0.5, 0.6) is 0 Å². The van der Waals surface area contributed by atoms with Crippen molar-refractivity contribution in [2.45, 2.75) is 71.2 Å². The molecule has 0 unspecified atom stereocenters. The molecule has 2 aliphatic carbocycles. The van der Waals surface area contributed by atoms with E-state index in [9.17, 15) is 19.6 Å². The Balaban J connectivity index is 1.28. The van der Waals surface area contributed by atoms with E-state index in [1.807, 2.05) is 0 Å². The Labute approximate surface area is 233 Å². The molecule has 0 spiro atoms. The van der Waals surface area contributed by atoms with Gasteiger partial charge in [0.25, 0.3) is 0 Å². The average Bonchev–Trinajstić information content (AvgIpc) is 3.22. The molecule has 0 aromatic heterocycles. The molecule has 0 radical (unpaired) electrons. The predicted molar refractivity (Wildman–Crippen MR) is 147 cm³/mol. The zero-order valence-corrected chi connectivity index (χ0v) is 23.4. The minimum atomic E-state index is -0.961. The van der Waals surface area contributed by atoms with Crippen molar-refractivity contribution in [3.05, 3.63) is 53.8 Å². The van der Waals surface area contributed by atoms with E-state index < -0.39 is 35.5 Å². The fourth-order valence-corrected chi connectivity index (χ4v) is 6.78. The predicted octanol–water partition coefficient (Wildman–Crippen LogP) is 4.89. The highest BCUT2D eigenvalue weighted by Crippen LogP contribution is 2.67. The number of benzene rings is 2. The van der Waals surface area contributed by atoms with Crippen LogP contribution >= 0.6 is 0 Å². The number of carbonyl (C=O) groups is 3. The SMILES string of the molecule is CC(=O)Nc1ccc(-c2ccc(C[C@@H](C#N)NC(=O)[C@@H]3[C@@H]4C[C@@H]([C@H]5[C@@H](C)[C@@H]45)N3C(=O)OC(C)(C)C)c(F)c2)cc1. The molecule has 1 heterocycles. The Morgan fingerprint density at radius 2 is 1.80 bits per heavy atom. The fraction of sp³-hybridized carbons (Fsp3) is 0.484. The Kier molecular flexibility index (Phi) is 7.07. The summed E-state index contributed by atoms with van der Waals surface area (Å²) in [6, 6.07) is 12.2. The van der Waals surface area contributed by atoms with Crippen LogP contribution in [-0.2, 0) is 20.7 Å². The van der Waals surface area contributed by atoms with Gasteiger partial charge in [0.15, 0.2) is 0 Å². The highest BCUT2D eigenvalue weighted by Gasteiger charge is 2.71. The van der Waals surface area contributed by atoms with E-state index in [-0.39, 0.29) is 24.3 Å². The minimum Gasteiger partial charge on any atom is -0.444 e. The molecule has 2 bridgehead atoms. The lowest BCUT2D eigenvalue weighted by Gasteiger charge is -2.35. The van der Waals surface area contributed by atoms with Gasteiger partial charge in [-0.25, -0.2) is 9.18 Å². The molecule has 5 rings (SSSR count). The number of fused-ring (bicyclic) bond motifs is 5. The number of rotatable bonds is 6. The van der Waals surface area contributed by atoms with Gasteiger partial charge in [0.1, 0.15) is 23.5 Å². The van der Waals surface area contributed by atoms with Crippen LogP contribution in [0.15, 0.2) is 42.5 Å². The third-order valence-electron chi connectivity index (χ3n) is 8.39. The van der Waals surface area contributed by atoms with Gasteiger partial charge in [-0.3, -0.25) is 14.5 Å². The average molecular weight is 547 g/mol. The molecule has 2 aromatic carbocycles. The normalized spacial score (nSPS) is 26.9. The number of anilines is 1. The maximum Gasteiger partial charge on any atom is 0.411 e. The molecule has 210 valence electrons. The number of nitriles is 1. The van der Waals surface area contributed by atoms with Crippen LogP contribution in [-0.4, -0.2) is 46.5 Å². The summed E-state index contributed by atoms with van der Waals surface area (Å²) in [6.45, 7) is 8.97. The van der Waals surface area contributed by atoms with Crippen LogP contribution in [0, 0.1) is 40.8 Å². The number of piperidine rings is 1. The van der Waals surface area contributed by atoms with Gasteiger partial charge in [-0.05, 0) is 85.8 Å². The second-order valence-corrected chi connectivity index (χ2v) is 12.3. The van der Waals surface area contributed by atoms with Gasteiger partial charge >= 0.3 is 6.09 Å². The summed E-state index contributed by atoms with van der Waals surface area (Å²) < 4.78 is 20.8. The summed E-state index contributed by atoms with van der Waals surface area (Å²) in [5.41, 5.74) is 1.68. The monoisotopic (exact) mass is 546 g/mol. The van der Waals surface area contributed by atoms with Gasteiger partial charge in [-0.15, -0.1) is 0 Å². The van der Waals surface area contributed by atoms with E-state index in [1.165, 1.54) is 13.0 Å². The molecule has 3 amide bonds. The summed E-state index contributed by atoms with van der Waals surface area (Å²) in [4.78, 5) is 39.5. The highest BCUT2D eigenvalue weighted by molar-refractivity contribution is 5.89. The second-order valence-electron chi connectivity index (χ2n) is 12.3. The van der Waals surface area contributed by atoms with Crippen molar-refractivity contribution in [1.29, 1.82) is 5.26 Å². The first-order chi connectivity index (χ1) is 18.9. The number of likely N-dealkylation sites (tertiary alicyclic amines) is 1. The maximum atomic E-state index is 15.1. The summed E-state index contributed by atoms with van der Waals surface area (Å²) in [7, 11) is 0. The van der Waals surface area contributed by atoms with Gasteiger partial charge in [0.05, 0.1) is 6.07 Å². The number of nitrogens with zero attached hydrogens (tertiary/aromatic N) is 2. The zero-order chi connectivity index (χ0) is 28.9. The van der Waals surface area contributed by atoms with Crippen molar-refractivity contribution in [3.63, 3.8) is 0 Å². The lowest BCUT2D eigenvalue weighted by atomic mass is 9.94. The summed E-state index contributed by atoms with van der Waals surface area (Å²) in [6.07, 6.45) is 0.250. The number of ether oxygens (including phenoxy) is 1. The first kappa shape index (κ1) is 27.6. The number of carbonyl (C=O) groups excluding carboxylic acids is 3. The Bertz CT molecular complexity index is 1380. The second kappa shape index (κ2) is 10.2. The summed E-state index contributed by atoms with van der Waals surface area (Å²) in [5.74, 6) is 0.227. The van der Waals surface area contributed by atoms with Crippen molar-refractivity contribution in [2.75, 3.05) is 5.32 Å². The van der Waals surface area contributed by atoms with Crippen LogP contribution in [0.2, 0.25) is 0 Å². The molecule has 2 saturated carbocycles. The summed E-state index contributed by atoms with van der Waals surface area (Å²) in [5, 5.41) is 15.3. The Morgan fingerprint density at radius 1 is 1.12 bits per heavy atom. The van der Waals surface area contributed by atoms with Gasteiger partial charge < -0.3 is 15.4 Å². The topological polar surface area (TPSA) is 112 Å². The summed E-state index contributed by atoms with van der Waals surface area (Å²) >= 11 is 0. The zero-order valence-electron chi connectivity index (χ0n) is 23.4. The number of hydrogen-bond donors (Lipinski definition) is 2. The third-order valence-corrected chi connectivity index (χ3v) is 8.39. The fourth-order valence-electron chi connectivity index (χ4n) is 6.78. The first-order valence-corrected chi connectivity index (χ1v) is 13.8. The van der Waals surface area contributed by atoms with E-state index in [0.29, 0.717) is 34.6 Å². The van der Waals surface area contributed by atoms with Crippen LogP contribution in [0.3, 0.4) is 0 Å². The molecular weight excluding hydrogens is 511 g/mol. The lowest BCUT2D eigenvalue weighted by Crippen LogP contribution is -2.56. The number of hydrogen-bond acceptors (Lipinski definition) is 5. The van der Waals surface area contributed by atoms with Crippen LogP contribution in [0.4, 0.5) is 14.9 Å². The van der Waals surface area contributed by atoms with E-state index in [0.717, 1.165) is 12.0 Å². The van der Waals surface area contributed by atoms with Gasteiger partial charge in [-0.1, -0.05) is 31.2 Å². The van der Waals surface area contributed by atoms with E-state index >= 15 is 4.39 Å². The molecule has 2 N–H and O–H groups in total. The molecule has 2 aromatic rings. The number of halogens is 1. The van der Waals surface area contributed by atoms with Crippen molar-refractivity contribution in [2.24, 2.45) is 23.7 Å². The number of amides is 3. The van der Waals surface area contributed by atoms with Crippen molar-refractivity contribution in [1.82, 2.24) is 10.2 Å². The van der Waals surface area contributed by atoms with E-state index in [1.54, 1.807) is 62.1 Å². The van der Waals surface area contributed by atoms with Crippen molar-refractivity contribution in [3.8, 4) is 17.2 Å². The van der Waals surface area contributed by atoms with Crippen LogP contribution in [0.25, 0.3) is 11.1 Å². The van der Waals surface area contributed by atoms with E-state index in [4.69, 9.17) is 4.74 Å². The molecule has 7 atom stereocenters. The highest BCUT2D eigenvalue weighted by atomic mass is 19.1. The van der Waals surface area contributed by atoms with E-state index in [2.05, 4.69) is 23.6 Å². The maximum absolute atomic E-state index is 15.1. The van der Waals surface area contributed by atoms with Crippen LogP contribution in [0.1, 0.15) is 46.6 Å². The van der Waals surface area contributed by atoms with Crippen LogP contribution < -0.4 is 10.6 Å². The lowest BCUT2D eigenvalue weighted by molar-refractivity contribution is -0.128. The molecule has 3 aliphatic rings. The standard InChI is InChI=1S/C31H35FN4O4/c1-16-26-23-14-25(27(16)26)36(30(39)40-31(3,4)5)28(23)29(38)35-22(15-33)12-20-7-6-19(13-24(20)32)18-8-10-21(11-9-18)34-17(2)37/h6-11,13,16,22-23,25-28H,12,14H2,1-5H3,(H,34,37)(H,35,38)/t16-,22-,23+,25-,26-,27+,28-/m0/s1. The molecule has 1 aliphatic heterocycles. The smallest absolute Gasteiger partial charge is 0.411 e. The molecule has 9 heteroatoms. The molecule has 8 nitrogen and oxygen atoms in total. The van der Waals surface area contributed by atoms with Crippen molar-refractivity contribution >= 4 is 23.6 Å². The van der Waals surface area contributed by atoms with Crippen molar-refractivity contribution < 1.29 is 23.5 Å². The third kappa shape index (κ3) is 5.27. The molecule has 3 fully saturated rings. The van der Waals surface area contributed by atoms with Gasteiger partial charge in [0.2, 0.25) is 11.8 Å². The molecule has 40 heavy (non-hydrogen) atoms. The molecule has 1 saturated heterocycles. The van der Waals surface area contributed by atoms with Gasteiger partial charge in [0, 0.05) is 25.1 Å². The largest absolute Gasteiger partial charge is 0.444 e. The Hall–Kier alpha value is -3.93. The van der Waals surface area contributed by atoms with Gasteiger partial charge in [-0.2, -0.15) is 5.26 Å². The first-order valence-electron chi connectivity index (χ1n) is 13.8. The molecular formula is C31H35FN4O4. The number of nitrogens with one attached hydrogen (secondary N) is 2.